The number of carbonyl (C=O) groups excluding carboxylic acids is 1. The minimum absolute atomic E-state index is 0.202. The van der Waals surface area contributed by atoms with E-state index in [1.807, 2.05) is 48.9 Å². The van der Waals surface area contributed by atoms with E-state index < -0.39 is 0 Å². The first-order chi connectivity index (χ1) is 13.5. The van der Waals surface area contributed by atoms with E-state index in [0.29, 0.717) is 23.0 Å². The highest BCUT2D eigenvalue weighted by Crippen LogP contribution is 2.24. The van der Waals surface area contributed by atoms with Crippen LogP contribution in [-0.4, -0.2) is 25.8 Å². The number of para-hydroxylation sites is 1. The topological polar surface area (TPSA) is 85.8 Å². The lowest BCUT2D eigenvalue weighted by Gasteiger charge is -2.07. The average Bonchev–Trinajstić information content (AvgIpc) is 3.27. The molecule has 0 atom stereocenters. The third kappa shape index (κ3) is 3.29. The summed E-state index contributed by atoms with van der Waals surface area (Å²) in [5.41, 5.74) is 4.59. The summed E-state index contributed by atoms with van der Waals surface area (Å²) in [5, 5.41) is 11.3. The highest BCUT2D eigenvalue weighted by molar-refractivity contribution is 6.05. The zero-order valence-electron chi connectivity index (χ0n) is 15.8. The lowest BCUT2D eigenvalue weighted by molar-refractivity contribution is 0.102. The molecule has 7 nitrogen and oxygen atoms in total. The Balaban J connectivity index is 1.56. The van der Waals surface area contributed by atoms with Gasteiger partial charge in [-0.3, -0.25) is 4.79 Å². The fraction of sp³-hybridized carbons (Fsp3) is 0.143. The summed E-state index contributed by atoms with van der Waals surface area (Å²) in [5.74, 6) is 0.797. The lowest BCUT2D eigenvalue weighted by atomic mass is 10.1. The largest absolute Gasteiger partial charge is 0.334 e. The van der Waals surface area contributed by atoms with E-state index in [4.69, 9.17) is 4.52 Å². The molecule has 1 N–H and O–H groups in total. The van der Waals surface area contributed by atoms with Gasteiger partial charge in [0, 0.05) is 11.1 Å². The van der Waals surface area contributed by atoms with Crippen LogP contribution in [0, 0.1) is 20.8 Å². The van der Waals surface area contributed by atoms with Gasteiger partial charge in [0.1, 0.15) is 0 Å². The van der Waals surface area contributed by atoms with E-state index in [-0.39, 0.29) is 5.91 Å². The van der Waals surface area contributed by atoms with Crippen LogP contribution in [0.15, 0.2) is 59.1 Å². The predicted molar refractivity (Wildman–Crippen MR) is 105 cm³/mol. The molecule has 0 unspecified atom stereocenters. The van der Waals surface area contributed by atoms with Crippen molar-refractivity contribution in [2.24, 2.45) is 0 Å². The summed E-state index contributed by atoms with van der Waals surface area (Å²) in [7, 11) is 0. The van der Waals surface area contributed by atoms with Crippen molar-refractivity contribution in [3.05, 3.63) is 77.4 Å². The quantitative estimate of drug-likeness (QED) is 0.582. The van der Waals surface area contributed by atoms with Crippen LogP contribution in [0.1, 0.15) is 27.6 Å². The zero-order chi connectivity index (χ0) is 19.7. The van der Waals surface area contributed by atoms with E-state index in [1.54, 1.807) is 31.2 Å². The minimum Gasteiger partial charge on any atom is -0.334 e. The molecule has 4 rings (SSSR count). The van der Waals surface area contributed by atoms with Gasteiger partial charge in [-0.1, -0.05) is 23.4 Å². The smallest absolute Gasteiger partial charge is 0.257 e. The van der Waals surface area contributed by atoms with Crippen molar-refractivity contribution in [1.82, 2.24) is 19.9 Å². The molecular formula is C21H19N5O2. The molecule has 0 aliphatic carbocycles. The monoisotopic (exact) mass is 373 g/mol. The van der Waals surface area contributed by atoms with Gasteiger partial charge in [-0.25, -0.2) is 4.68 Å². The van der Waals surface area contributed by atoms with E-state index in [1.165, 1.54) is 0 Å². The molecular weight excluding hydrogens is 354 g/mol. The maximum atomic E-state index is 12.7. The van der Waals surface area contributed by atoms with E-state index in [9.17, 15) is 4.79 Å². The second-order valence-electron chi connectivity index (χ2n) is 6.47. The highest BCUT2D eigenvalue weighted by Gasteiger charge is 2.16. The van der Waals surface area contributed by atoms with Crippen LogP contribution in [0.5, 0.6) is 0 Å². The number of hydrogen-bond donors (Lipinski definition) is 1. The summed E-state index contributed by atoms with van der Waals surface area (Å²) in [4.78, 5) is 16.9. The van der Waals surface area contributed by atoms with Crippen molar-refractivity contribution >= 4 is 11.6 Å². The second-order valence-corrected chi connectivity index (χ2v) is 6.47. The molecule has 0 spiro atoms. The first-order valence-electron chi connectivity index (χ1n) is 8.86. The van der Waals surface area contributed by atoms with Gasteiger partial charge in [0.05, 0.1) is 22.8 Å². The number of aromatic nitrogens is 4. The first-order valence-corrected chi connectivity index (χ1v) is 8.86. The number of amides is 1. The number of anilines is 1. The normalized spacial score (nSPS) is 10.8. The van der Waals surface area contributed by atoms with Crippen LogP contribution < -0.4 is 5.32 Å². The standard InChI is InChI=1S/C21H19N5O2/c1-13-19(14(2)26(24-13)18-7-5-4-6-8-18)23-20(27)16-9-11-17(12-10-16)21-22-15(3)25-28-21/h4-12H,1-3H3,(H,23,27). The maximum Gasteiger partial charge on any atom is 0.257 e. The lowest BCUT2D eigenvalue weighted by Crippen LogP contribution is -2.13. The molecule has 2 aromatic heterocycles. The third-order valence-corrected chi connectivity index (χ3v) is 4.45. The van der Waals surface area contributed by atoms with Crippen LogP contribution in [0.4, 0.5) is 5.69 Å². The first kappa shape index (κ1) is 17.7. The van der Waals surface area contributed by atoms with Gasteiger partial charge in [-0.15, -0.1) is 0 Å². The van der Waals surface area contributed by atoms with Gasteiger partial charge in [-0.2, -0.15) is 10.1 Å². The number of nitrogens with one attached hydrogen (secondary N) is 1. The number of rotatable bonds is 4. The number of aryl methyl sites for hydroxylation is 2. The summed E-state index contributed by atoms with van der Waals surface area (Å²) in [6, 6.07) is 16.9. The Bertz CT molecular complexity index is 1130. The molecule has 7 heteroatoms. The number of benzene rings is 2. The zero-order valence-corrected chi connectivity index (χ0v) is 15.8. The van der Waals surface area contributed by atoms with Crippen LogP contribution in [0.2, 0.25) is 0 Å². The molecule has 0 fully saturated rings. The van der Waals surface area contributed by atoms with Gasteiger partial charge >= 0.3 is 0 Å². The molecule has 0 bridgehead atoms. The van der Waals surface area contributed by atoms with E-state index in [0.717, 1.165) is 22.6 Å². The fourth-order valence-electron chi connectivity index (χ4n) is 3.01. The molecule has 1 amide bonds. The van der Waals surface area contributed by atoms with Crippen molar-refractivity contribution < 1.29 is 9.32 Å². The number of hydrogen-bond acceptors (Lipinski definition) is 5. The van der Waals surface area contributed by atoms with Gasteiger partial charge < -0.3 is 9.84 Å². The fourth-order valence-corrected chi connectivity index (χ4v) is 3.01. The summed E-state index contributed by atoms with van der Waals surface area (Å²) in [6.45, 7) is 5.57. The van der Waals surface area contributed by atoms with Crippen molar-refractivity contribution in [2.45, 2.75) is 20.8 Å². The van der Waals surface area contributed by atoms with Crippen molar-refractivity contribution in [3.63, 3.8) is 0 Å². The SMILES string of the molecule is Cc1noc(-c2ccc(C(=O)Nc3c(C)nn(-c4ccccc4)c3C)cc2)n1. The molecule has 0 saturated heterocycles. The molecule has 4 aromatic rings. The number of carbonyl (C=O) groups is 1. The molecule has 0 aliphatic rings. The van der Waals surface area contributed by atoms with Gasteiger partial charge in [-0.05, 0) is 57.2 Å². The summed E-state index contributed by atoms with van der Waals surface area (Å²) >= 11 is 0. The molecule has 28 heavy (non-hydrogen) atoms. The van der Waals surface area contributed by atoms with Crippen molar-refractivity contribution in [1.29, 1.82) is 0 Å². The van der Waals surface area contributed by atoms with Crippen LogP contribution in [-0.2, 0) is 0 Å². The Hall–Kier alpha value is -3.74. The molecule has 2 heterocycles. The molecule has 140 valence electrons. The molecule has 0 aliphatic heterocycles. The van der Waals surface area contributed by atoms with Gasteiger partial charge in [0.15, 0.2) is 5.82 Å². The average molecular weight is 373 g/mol. The number of nitrogens with zero attached hydrogens (tertiary/aromatic N) is 4. The Morgan fingerprint density at radius 3 is 2.36 bits per heavy atom. The van der Waals surface area contributed by atoms with Gasteiger partial charge in [0.2, 0.25) is 0 Å². The van der Waals surface area contributed by atoms with E-state index >= 15 is 0 Å². The Morgan fingerprint density at radius 2 is 1.71 bits per heavy atom. The van der Waals surface area contributed by atoms with Crippen LogP contribution in [0.3, 0.4) is 0 Å². The van der Waals surface area contributed by atoms with Crippen molar-refractivity contribution in [2.75, 3.05) is 5.32 Å². The Morgan fingerprint density at radius 1 is 1.00 bits per heavy atom. The second kappa shape index (κ2) is 7.11. The highest BCUT2D eigenvalue weighted by atomic mass is 16.5. The molecule has 0 radical (unpaired) electrons. The van der Waals surface area contributed by atoms with Crippen molar-refractivity contribution in [3.8, 4) is 17.1 Å². The summed E-state index contributed by atoms with van der Waals surface area (Å²) in [6.07, 6.45) is 0. The molecule has 0 saturated carbocycles. The Labute approximate surface area is 162 Å². The van der Waals surface area contributed by atoms with E-state index in [2.05, 4.69) is 20.6 Å². The minimum atomic E-state index is -0.202. The van der Waals surface area contributed by atoms with Crippen LogP contribution in [0.25, 0.3) is 17.1 Å². The summed E-state index contributed by atoms with van der Waals surface area (Å²) < 4.78 is 6.98. The maximum absolute atomic E-state index is 12.7. The third-order valence-electron chi connectivity index (χ3n) is 4.45. The van der Waals surface area contributed by atoms with Crippen LogP contribution >= 0.6 is 0 Å². The predicted octanol–water partition coefficient (Wildman–Crippen LogP) is 4.10. The Kier molecular flexibility index (Phi) is 4.49. The molecule has 2 aromatic carbocycles. The van der Waals surface area contributed by atoms with Gasteiger partial charge in [0.25, 0.3) is 11.8 Å².